The number of carbonyl (C=O) groups is 2. The van der Waals surface area contributed by atoms with Crippen LogP contribution in [0.25, 0.3) is 0 Å². The number of hydrogen-bond donors (Lipinski definition) is 3. The van der Waals surface area contributed by atoms with Crippen molar-refractivity contribution >= 4 is 17.8 Å². The summed E-state index contributed by atoms with van der Waals surface area (Å²) in [6.07, 6.45) is 0.697. The van der Waals surface area contributed by atoms with Crippen molar-refractivity contribution in [3.8, 4) is 0 Å². The average molecular weight is 458 g/mol. The van der Waals surface area contributed by atoms with E-state index in [0.717, 1.165) is 12.8 Å². The Morgan fingerprint density at radius 3 is 2.85 bits per heavy atom. The van der Waals surface area contributed by atoms with Crippen LogP contribution in [0.4, 0.5) is 10.3 Å². The molecule has 10 heteroatoms. The molecule has 176 valence electrons. The number of nitrogens with one attached hydrogen (secondary N) is 2. The zero-order chi connectivity index (χ0) is 23.5. The van der Waals surface area contributed by atoms with Crippen LogP contribution in [0.15, 0.2) is 35.1 Å². The van der Waals surface area contributed by atoms with E-state index in [1.54, 1.807) is 19.1 Å². The molecule has 2 aliphatic rings. The number of aromatic amines is 1. The van der Waals surface area contributed by atoms with E-state index in [1.807, 2.05) is 4.90 Å². The first kappa shape index (κ1) is 22.9. The molecule has 1 aromatic heterocycles. The fraction of sp³-hybridized carbons (Fsp3) is 0.478. The monoisotopic (exact) mass is 457 g/mol. The van der Waals surface area contributed by atoms with Crippen LogP contribution < -0.4 is 15.8 Å². The van der Waals surface area contributed by atoms with Gasteiger partial charge in [0.05, 0.1) is 12.5 Å². The molecule has 2 amide bonds. The first-order valence-corrected chi connectivity index (χ1v) is 11.1. The quantitative estimate of drug-likeness (QED) is 0.602. The Bertz CT molecular complexity index is 1090. The number of likely N-dealkylation sites (tertiary alicyclic amines) is 1. The van der Waals surface area contributed by atoms with Crippen LogP contribution >= 0.6 is 0 Å². The highest BCUT2D eigenvalue weighted by Gasteiger charge is 2.39. The summed E-state index contributed by atoms with van der Waals surface area (Å²) in [6.45, 7) is 2.96. The maximum atomic E-state index is 14.0. The number of anilines is 1. The van der Waals surface area contributed by atoms with Gasteiger partial charge in [0.15, 0.2) is 0 Å². The van der Waals surface area contributed by atoms with Crippen LogP contribution in [0.3, 0.4) is 0 Å². The van der Waals surface area contributed by atoms with Crippen LogP contribution in [0.2, 0.25) is 0 Å². The number of aliphatic hydroxyl groups excluding tert-OH is 1. The Hall–Kier alpha value is -3.27. The van der Waals surface area contributed by atoms with Gasteiger partial charge in [0.2, 0.25) is 17.8 Å². The number of aliphatic hydroxyl groups is 1. The number of rotatable bonds is 5. The van der Waals surface area contributed by atoms with Gasteiger partial charge in [0, 0.05) is 43.9 Å². The van der Waals surface area contributed by atoms with Crippen molar-refractivity contribution in [2.24, 2.45) is 0 Å². The summed E-state index contributed by atoms with van der Waals surface area (Å²) >= 11 is 0. The number of H-pyrrole nitrogens is 1. The summed E-state index contributed by atoms with van der Waals surface area (Å²) in [5.41, 5.74) is 0.641. The number of benzene rings is 1. The van der Waals surface area contributed by atoms with Gasteiger partial charge in [0.25, 0.3) is 5.56 Å². The number of piperidine rings is 1. The molecule has 3 N–H and O–H groups in total. The Morgan fingerprint density at radius 2 is 2.09 bits per heavy atom. The summed E-state index contributed by atoms with van der Waals surface area (Å²) in [5, 5.41) is 13.1. The van der Waals surface area contributed by atoms with E-state index in [0.29, 0.717) is 24.7 Å². The van der Waals surface area contributed by atoms with E-state index in [2.05, 4.69) is 15.3 Å². The van der Waals surface area contributed by atoms with Crippen molar-refractivity contribution in [1.29, 1.82) is 0 Å². The SMILES string of the molecule is Cc1cc(=O)[nH]c(N2CCCC(NC(=O)C3CC(O)CN3C(=O)Cc3ccccc3F)C2)n1. The number of carbonyl (C=O) groups excluding carboxylic acids is 2. The molecule has 2 fully saturated rings. The predicted molar refractivity (Wildman–Crippen MR) is 119 cm³/mol. The lowest BCUT2D eigenvalue weighted by Gasteiger charge is -2.34. The van der Waals surface area contributed by atoms with Crippen molar-refractivity contribution in [3.05, 3.63) is 57.8 Å². The van der Waals surface area contributed by atoms with Crippen LogP contribution in [0, 0.1) is 12.7 Å². The number of halogens is 1. The molecule has 0 aliphatic carbocycles. The van der Waals surface area contributed by atoms with Crippen LogP contribution in [-0.2, 0) is 16.0 Å². The number of hydrogen-bond acceptors (Lipinski definition) is 6. The second-order valence-corrected chi connectivity index (χ2v) is 8.72. The lowest BCUT2D eigenvalue weighted by Crippen LogP contribution is -2.53. The predicted octanol–water partition coefficient (Wildman–Crippen LogP) is 0.507. The summed E-state index contributed by atoms with van der Waals surface area (Å²) in [5.74, 6) is -0.747. The van der Waals surface area contributed by atoms with Gasteiger partial charge >= 0.3 is 0 Å². The topological polar surface area (TPSA) is 119 Å². The van der Waals surface area contributed by atoms with E-state index >= 15 is 0 Å². The van der Waals surface area contributed by atoms with Crippen molar-refractivity contribution in [3.63, 3.8) is 0 Å². The third kappa shape index (κ3) is 5.39. The molecule has 3 atom stereocenters. The number of aryl methyl sites for hydroxylation is 1. The number of amides is 2. The molecule has 0 radical (unpaired) electrons. The van der Waals surface area contributed by atoms with Gasteiger partial charge < -0.3 is 20.2 Å². The molecule has 0 bridgehead atoms. The van der Waals surface area contributed by atoms with Gasteiger partial charge in [-0.05, 0) is 31.4 Å². The van der Waals surface area contributed by atoms with Gasteiger partial charge in [0.1, 0.15) is 11.9 Å². The molecule has 3 heterocycles. The van der Waals surface area contributed by atoms with Crippen LogP contribution in [-0.4, -0.2) is 69.6 Å². The smallest absolute Gasteiger partial charge is 0.252 e. The van der Waals surface area contributed by atoms with E-state index < -0.39 is 23.9 Å². The van der Waals surface area contributed by atoms with E-state index in [4.69, 9.17) is 0 Å². The second kappa shape index (κ2) is 9.70. The minimum atomic E-state index is -0.813. The molecule has 2 aliphatic heterocycles. The molecule has 1 aromatic carbocycles. The number of β-amino-alcohol motifs (C(OH)–C–C–N with tert-alkyl or cyclic N) is 1. The lowest BCUT2D eigenvalue weighted by atomic mass is 10.0. The molecular weight excluding hydrogens is 429 g/mol. The van der Waals surface area contributed by atoms with E-state index in [9.17, 15) is 23.9 Å². The maximum Gasteiger partial charge on any atom is 0.252 e. The maximum absolute atomic E-state index is 14.0. The fourth-order valence-electron chi connectivity index (χ4n) is 4.54. The summed E-state index contributed by atoms with van der Waals surface area (Å²) < 4.78 is 14.0. The third-order valence-corrected chi connectivity index (χ3v) is 6.13. The summed E-state index contributed by atoms with van der Waals surface area (Å²) in [4.78, 5) is 48.1. The van der Waals surface area contributed by atoms with Gasteiger partial charge in [-0.3, -0.25) is 19.4 Å². The molecule has 33 heavy (non-hydrogen) atoms. The average Bonchev–Trinajstić information content (AvgIpc) is 3.17. The first-order chi connectivity index (χ1) is 15.8. The van der Waals surface area contributed by atoms with Gasteiger partial charge in [-0.15, -0.1) is 0 Å². The minimum absolute atomic E-state index is 0.0383. The molecule has 0 saturated carbocycles. The van der Waals surface area contributed by atoms with Crippen LogP contribution in [0.1, 0.15) is 30.5 Å². The molecule has 9 nitrogen and oxygen atoms in total. The van der Waals surface area contributed by atoms with Crippen molar-refractivity contribution in [2.45, 2.75) is 50.8 Å². The first-order valence-electron chi connectivity index (χ1n) is 11.1. The molecule has 3 unspecified atom stereocenters. The Morgan fingerprint density at radius 1 is 1.30 bits per heavy atom. The van der Waals surface area contributed by atoms with Crippen molar-refractivity contribution in [1.82, 2.24) is 20.2 Å². The Balaban J connectivity index is 1.41. The van der Waals surface area contributed by atoms with Crippen LogP contribution in [0.5, 0.6) is 0 Å². The Labute approximate surface area is 190 Å². The summed E-state index contributed by atoms with van der Waals surface area (Å²) in [6, 6.07) is 6.44. The Kier molecular flexibility index (Phi) is 6.73. The molecule has 0 spiro atoms. The highest BCUT2D eigenvalue weighted by Crippen LogP contribution is 2.22. The fourth-order valence-corrected chi connectivity index (χ4v) is 4.54. The van der Waals surface area contributed by atoms with Gasteiger partial charge in [-0.25, -0.2) is 9.37 Å². The zero-order valence-electron chi connectivity index (χ0n) is 18.5. The third-order valence-electron chi connectivity index (χ3n) is 6.13. The van der Waals surface area contributed by atoms with Crippen molar-refractivity contribution < 1.29 is 19.1 Å². The molecule has 2 saturated heterocycles. The normalized spacial score (nSPS) is 22.9. The van der Waals surface area contributed by atoms with E-state index in [-0.39, 0.29) is 42.5 Å². The second-order valence-electron chi connectivity index (χ2n) is 8.72. The standard InChI is InChI=1S/C23H28FN5O4/c1-14-9-20(31)27-23(25-14)28-8-4-6-16(12-28)26-22(33)19-11-17(30)13-29(19)21(32)10-15-5-2-3-7-18(15)24/h2-3,5,7,9,16-17,19,30H,4,6,8,10-13H2,1H3,(H,26,33)(H,25,27,31). The van der Waals surface area contributed by atoms with Gasteiger partial charge in [-0.2, -0.15) is 0 Å². The number of nitrogens with zero attached hydrogens (tertiary/aromatic N) is 3. The summed E-state index contributed by atoms with van der Waals surface area (Å²) in [7, 11) is 0. The van der Waals surface area contributed by atoms with Crippen molar-refractivity contribution in [2.75, 3.05) is 24.5 Å². The minimum Gasteiger partial charge on any atom is -0.391 e. The largest absolute Gasteiger partial charge is 0.391 e. The highest BCUT2D eigenvalue weighted by molar-refractivity contribution is 5.89. The lowest BCUT2D eigenvalue weighted by molar-refractivity contribution is -0.138. The highest BCUT2D eigenvalue weighted by atomic mass is 19.1. The number of aromatic nitrogens is 2. The van der Waals surface area contributed by atoms with E-state index in [1.165, 1.54) is 23.1 Å². The molecule has 4 rings (SSSR count). The molecular formula is C23H28FN5O4. The van der Waals surface area contributed by atoms with Gasteiger partial charge in [-0.1, -0.05) is 18.2 Å². The molecule has 2 aromatic rings. The zero-order valence-corrected chi connectivity index (χ0v) is 18.5.